The van der Waals surface area contributed by atoms with E-state index in [1.807, 2.05) is 7.05 Å². The van der Waals surface area contributed by atoms with Crippen molar-refractivity contribution in [2.75, 3.05) is 11.9 Å². The number of phenolic OH excluding ortho intramolecular Hbond substituents is 1. The third kappa shape index (κ3) is 5.54. The average Bonchev–Trinajstić information content (AvgIpc) is 2.72. The van der Waals surface area contributed by atoms with E-state index < -0.39 is 5.82 Å². The number of anilines is 1. The summed E-state index contributed by atoms with van der Waals surface area (Å²) in [5.41, 5.74) is 1.54. The van der Waals surface area contributed by atoms with E-state index >= 15 is 0 Å². The second kappa shape index (κ2) is 9.15. The Hall–Kier alpha value is -2.91. The molecule has 1 aliphatic rings. The van der Waals surface area contributed by atoms with Crippen LogP contribution >= 0.6 is 12.4 Å². The summed E-state index contributed by atoms with van der Waals surface area (Å²) in [6.45, 7) is 8.83. The van der Waals surface area contributed by atoms with E-state index in [1.165, 1.54) is 6.07 Å². The number of nitrogens with one attached hydrogen (secondary N) is 1. The number of hydrogen-bond acceptors (Lipinski definition) is 8. The van der Waals surface area contributed by atoms with Gasteiger partial charge in [-0.05, 0) is 52.7 Å². The molecule has 0 aliphatic carbocycles. The van der Waals surface area contributed by atoms with Crippen molar-refractivity contribution in [3.8, 4) is 28.4 Å². The van der Waals surface area contributed by atoms with Crippen LogP contribution in [0.5, 0.6) is 5.75 Å². The first kappa shape index (κ1) is 24.7. The normalized spacial score (nSPS) is 17.3. The molecule has 0 spiro atoms. The Morgan fingerprint density at radius 2 is 1.64 bits per heavy atom. The summed E-state index contributed by atoms with van der Waals surface area (Å²) in [6, 6.07) is 5.23. The summed E-state index contributed by atoms with van der Waals surface area (Å²) in [5.74, 6) is 0.345. The molecule has 0 saturated carbocycles. The molecule has 0 unspecified atom stereocenters. The van der Waals surface area contributed by atoms with Crippen molar-refractivity contribution in [2.24, 2.45) is 0 Å². The quantitative estimate of drug-likeness (QED) is 0.586. The Bertz CT molecular complexity index is 1090. The molecule has 10 heteroatoms. The topological polar surface area (TPSA) is 100.0 Å². The lowest BCUT2D eigenvalue weighted by atomic mass is 9.79. The number of rotatable bonds is 4. The van der Waals surface area contributed by atoms with E-state index in [0.29, 0.717) is 28.6 Å². The third-order valence-electron chi connectivity index (χ3n) is 5.73. The molecular formula is C23H29ClFN7O. The van der Waals surface area contributed by atoms with Crippen molar-refractivity contribution in [1.82, 2.24) is 30.5 Å². The van der Waals surface area contributed by atoms with Crippen molar-refractivity contribution in [2.45, 2.75) is 57.7 Å². The molecule has 4 rings (SSSR count). The van der Waals surface area contributed by atoms with Gasteiger partial charge in [-0.2, -0.15) is 0 Å². The molecule has 33 heavy (non-hydrogen) atoms. The number of aromatic nitrogens is 5. The molecule has 1 aromatic carbocycles. The van der Waals surface area contributed by atoms with Crippen molar-refractivity contribution < 1.29 is 9.50 Å². The molecule has 0 atom stereocenters. The summed E-state index contributed by atoms with van der Waals surface area (Å²) in [4.78, 5) is 14.5. The van der Waals surface area contributed by atoms with Crippen LogP contribution in [-0.2, 0) is 0 Å². The summed E-state index contributed by atoms with van der Waals surface area (Å²) in [5, 5.41) is 22.8. The maximum atomic E-state index is 13.0. The minimum atomic E-state index is -0.516. The summed E-state index contributed by atoms with van der Waals surface area (Å²) in [6.07, 6.45) is 5.71. The minimum absolute atomic E-state index is 0. The number of piperidine rings is 1. The Balaban J connectivity index is 0.00000306. The molecule has 2 N–H and O–H groups in total. The SMILES string of the molecule is CN(c1ncc(-c2ccc(-c3ncc(F)cn3)cc2O)nn1)C1CC(C)(C)NC(C)(C)C1.Cl. The van der Waals surface area contributed by atoms with E-state index in [-0.39, 0.29) is 35.3 Å². The van der Waals surface area contributed by atoms with Gasteiger partial charge in [-0.1, -0.05) is 6.07 Å². The van der Waals surface area contributed by atoms with E-state index in [9.17, 15) is 9.50 Å². The first-order valence-corrected chi connectivity index (χ1v) is 10.6. The van der Waals surface area contributed by atoms with Gasteiger partial charge >= 0.3 is 0 Å². The van der Waals surface area contributed by atoms with Crippen LogP contribution in [0.4, 0.5) is 10.3 Å². The van der Waals surface area contributed by atoms with Gasteiger partial charge in [0.05, 0.1) is 18.6 Å². The van der Waals surface area contributed by atoms with E-state index in [0.717, 1.165) is 25.2 Å². The number of nitrogens with zero attached hydrogens (tertiary/aromatic N) is 6. The highest BCUT2D eigenvalue weighted by Gasteiger charge is 2.39. The molecule has 0 bridgehead atoms. The molecule has 1 saturated heterocycles. The predicted molar refractivity (Wildman–Crippen MR) is 128 cm³/mol. The molecule has 8 nitrogen and oxygen atoms in total. The molecule has 0 radical (unpaired) electrons. The van der Waals surface area contributed by atoms with Gasteiger partial charge in [0.1, 0.15) is 11.4 Å². The lowest BCUT2D eigenvalue weighted by molar-refractivity contribution is 0.160. The molecular weight excluding hydrogens is 445 g/mol. The molecule has 1 aliphatic heterocycles. The lowest BCUT2D eigenvalue weighted by Gasteiger charge is -2.48. The highest BCUT2D eigenvalue weighted by molar-refractivity contribution is 5.85. The van der Waals surface area contributed by atoms with Crippen molar-refractivity contribution in [3.63, 3.8) is 0 Å². The first-order chi connectivity index (χ1) is 15.0. The zero-order chi connectivity index (χ0) is 23.1. The number of phenols is 1. The fraction of sp³-hybridized carbons (Fsp3) is 0.435. The van der Waals surface area contributed by atoms with Crippen LogP contribution in [0.15, 0.2) is 36.8 Å². The lowest BCUT2D eigenvalue weighted by Crippen LogP contribution is -2.62. The van der Waals surface area contributed by atoms with Crippen LogP contribution in [-0.4, -0.2) is 54.4 Å². The standard InChI is InChI=1S/C23H28FN7O.ClH/c1-22(2)9-16(10-23(3,4)30-22)31(5)21-27-13-18(28-29-21)17-7-6-14(8-19(17)32)20-25-11-15(24)12-26-20;/h6-8,11-13,16,30,32H,9-10H2,1-5H3;1H. The molecule has 3 aromatic rings. The maximum Gasteiger partial charge on any atom is 0.245 e. The predicted octanol–water partition coefficient (Wildman–Crippen LogP) is 4.01. The van der Waals surface area contributed by atoms with E-state index in [4.69, 9.17) is 0 Å². The Morgan fingerprint density at radius 3 is 2.18 bits per heavy atom. The van der Waals surface area contributed by atoms with Crippen molar-refractivity contribution in [1.29, 1.82) is 0 Å². The van der Waals surface area contributed by atoms with Gasteiger partial charge in [0, 0.05) is 35.3 Å². The third-order valence-corrected chi connectivity index (χ3v) is 5.73. The number of hydrogen-bond donors (Lipinski definition) is 2. The highest BCUT2D eigenvalue weighted by atomic mass is 35.5. The minimum Gasteiger partial charge on any atom is -0.507 e. The number of aromatic hydroxyl groups is 1. The van der Waals surface area contributed by atoms with Crippen LogP contribution in [0.25, 0.3) is 22.6 Å². The zero-order valence-electron chi connectivity index (χ0n) is 19.4. The summed E-state index contributed by atoms with van der Waals surface area (Å²) >= 11 is 0. The maximum absolute atomic E-state index is 13.0. The molecule has 0 amide bonds. The van der Waals surface area contributed by atoms with Gasteiger partial charge in [0.2, 0.25) is 5.95 Å². The van der Waals surface area contributed by atoms with Crippen molar-refractivity contribution >= 4 is 18.4 Å². The fourth-order valence-corrected chi connectivity index (χ4v) is 4.61. The monoisotopic (exact) mass is 473 g/mol. The largest absolute Gasteiger partial charge is 0.507 e. The van der Waals surface area contributed by atoms with Gasteiger partial charge in [-0.25, -0.2) is 19.3 Å². The Labute approximate surface area is 199 Å². The van der Waals surface area contributed by atoms with Gasteiger partial charge in [0.15, 0.2) is 11.6 Å². The van der Waals surface area contributed by atoms with Gasteiger partial charge in [-0.15, -0.1) is 22.6 Å². The second-order valence-corrected chi connectivity index (χ2v) is 9.67. The first-order valence-electron chi connectivity index (χ1n) is 10.6. The molecule has 176 valence electrons. The van der Waals surface area contributed by atoms with E-state index in [1.54, 1.807) is 18.3 Å². The van der Waals surface area contributed by atoms with E-state index in [2.05, 4.69) is 63.1 Å². The summed E-state index contributed by atoms with van der Waals surface area (Å²) < 4.78 is 13.0. The zero-order valence-corrected chi connectivity index (χ0v) is 20.2. The Kier molecular flexibility index (Phi) is 6.85. The van der Waals surface area contributed by atoms with Crippen LogP contribution in [0.3, 0.4) is 0 Å². The smallest absolute Gasteiger partial charge is 0.245 e. The molecule has 3 heterocycles. The number of halogens is 2. The molecule has 1 fully saturated rings. The second-order valence-electron chi connectivity index (χ2n) is 9.67. The van der Waals surface area contributed by atoms with Crippen LogP contribution < -0.4 is 10.2 Å². The van der Waals surface area contributed by atoms with Gasteiger partial charge < -0.3 is 15.3 Å². The highest BCUT2D eigenvalue weighted by Crippen LogP contribution is 2.33. The van der Waals surface area contributed by atoms with Crippen LogP contribution in [0, 0.1) is 5.82 Å². The van der Waals surface area contributed by atoms with Gasteiger partial charge in [0.25, 0.3) is 0 Å². The Morgan fingerprint density at radius 1 is 1.00 bits per heavy atom. The fourth-order valence-electron chi connectivity index (χ4n) is 4.61. The number of benzene rings is 1. The average molecular weight is 474 g/mol. The summed E-state index contributed by atoms with van der Waals surface area (Å²) in [7, 11) is 1.99. The molecule has 2 aromatic heterocycles. The van der Waals surface area contributed by atoms with Crippen LogP contribution in [0.1, 0.15) is 40.5 Å². The van der Waals surface area contributed by atoms with Gasteiger partial charge in [-0.3, -0.25) is 0 Å². The van der Waals surface area contributed by atoms with Crippen molar-refractivity contribution in [3.05, 3.63) is 42.6 Å². The van der Waals surface area contributed by atoms with Crippen LogP contribution in [0.2, 0.25) is 0 Å².